The quantitative estimate of drug-likeness (QED) is 0.119. The van der Waals surface area contributed by atoms with E-state index in [2.05, 4.69) is 41.5 Å². The van der Waals surface area contributed by atoms with Gasteiger partial charge in [-0.3, -0.25) is 4.79 Å². The fraction of sp³-hybridized carbons (Fsp3) is 0.967. The molecule has 0 aromatic heterocycles. The summed E-state index contributed by atoms with van der Waals surface area (Å²) in [4.78, 5) is 13.2. The van der Waals surface area contributed by atoms with Crippen molar-refractivity contribution in [3.05, 3.63) is 0 Å². The largest absolute Gasteiger partial charge is 1.00 e. The summed E-state index contributed by atoms with van der Waals surface area (Å²) in [6.07, 6.45) is 24.2. The number of unbranched alkanes of at least 4 members (excludes halogenated alkanes) is 15. The topological polar surface area (TPSA) is 17.1 Å². The molecule has 200 valence electrons. The Balaban J connectivity index is 0. The molecule has 0 saturated heterocycles. The third-order valence-electron chi connectivity index (χ3n) is 7.27. The highest BCUT2D eigenvalue weighted by molar-refractivity contribution is 5.84. The number of hydrogen-bond acceptors (Lipinski definition) is 1. The van der Waals surface area contributed by atoms with E-state index >= 15 is 0 Å². The fourth-order valence-corrected chi connectivity index (χ4v) is 4.80. The number of carbonyl (C=O) groups excluding carboxylic acids is 1. The lowest BCUT2D eigenvalue weighted by Crippen LogP contribution is -3.00. The van der Waals surface area contributed by atoms with E-state index in [1.807, 2.05) is 0 Å². The van der Waals surface area contributed by atoms with Gasteiger partial charge in [0.1, 0.15) is 6.54 Å². The summed E-state index contributed by atoms with van der Waals surface area (Å²) in [5, 5.41) is 0. The monoisotopic (exact) mass is 487 g/mol. The average molecular weight is 488 g/mol. The Kier molecular flexibility index (Phi) is 23.8. The molecule has 0 spiro atoms. The Labute approximate surface area is 216 Å². The van der Waals surface area contributed by atoms with Crippen molar-refractivity contribution in [1.29, 1.82) is 0 Å². The van der Waals surface area contributed by atoms with Crippen LogP contribution in [0.1, 0.15) is 157 Å². The number of Topliss-reactive ketones (excluding diaryl/α,β-unsaturated/α-hetero) is 1. The van der Waals surface area contributed by atoms with Crippen LogP contribution in [0.4, 0.5) is 0 Å². The van der Waals surface area contributed by atoms with Gasteiger partial charge in [0.15, 0.2) is 5.78 Å². The van der Waals surface area contributed by atoms with Gasteiger partial charge in [0.25, 0.3) is 0 Å². The first-order valence-electron chi connectivity index (χ1n) is 14.7. The number of quaternary nitrogens is 1. The van der Waals surface area contributed by atoms with Crippen LogP contribution in [0, 0.1) is 5.41 Å². The van der Waals surface area contributed by atoms with E-state index < -0.39 is 0 Å². The number of ketones is 1. The number of rotatable bonds is 23. The molecule has 0 unspecified atom stereocenters. The van der Waals surface area contributed by atoms with Gasteiger partial charge < -0.3 is 16.9 Å². The first-order chi connectivity index (χ1) is 15.3. The van der Waals surface area contributed by atoms with Crippen LogP contribution in [0.2, 0.25) is 0 Å². The summed E-state index contributed by atoms with van der Waals surface area (Å²) in [5.74, 6) is 0.473. The van der Waals surface area contributed by atoms with Gasteiger partial charge in [-0.15, -0.1) is 0 Å². The van der Waals surface area contributed by atoms with Crippen LogP contribution in [0.3, 0.4) is 0 Å². The van der Waals surface area contributed by atoms with Crippen LogP contribution >= 0.6 is 0 Å². The minimum absolute atomic E-state index is 0. The van der Waals surface area contributed by atoms with Crippen molar-refractivity contribution in [3.63, 3.8) is 0 Å². The summed E-state index contributed by atoms with van der Waals surface area (Å²) in [5.41, 5.74) is -0.215. The second kappa shape index (κ2) is 22.4. The molecule has 0 rings (SSSR count). The Morgan fingerprint density at radius 2 is 0.788 bits per heavy atom. The molecule has 0 aliphatic heterocycles. The summed E-state index contributed by atoms with van der Waals surface area (Å²) in [7, 11) is 0. The standard InChI is InChI=1S/C30H62NO.ClH/c1-7-10-13-16-19-22-25-31(28-29(32)30(4,5)6,26-23-20-17-14-11-8-2)27-24-21-18-15-12-9-3;/h7-28H2,1-6H3;1H/q+1;/p-1. The van der Waals surface area contributed by atoms with Crippen LogP contribution in [-0.4, -0.2) is 36.4 Å². The number of halogens is 1. The fourth-order valence-electron chi connectivity index (χ4n) is 4.80. The minimum atomic E-state index is -0.215. The lowest BCUT2D eigenvalue weighted by molar-refractivity contribution is -0.921. The van der Waals surface area contributed by atoms with E-state index in [1.165, 1.54) is 135 Å². The molecule has 0 heterocycles. The zero-order valence-electron chi connectivity index (χ0n) is 23.8. The van der Waals surface area contributed by atoms with Crippen LogP contribution in [0.15, 0.2) is 0 Å². The molecule has 0 aliphatic carbocycles. The van der Waals surface area contributed by atoms with Crippen molar-refractivity contribution in [2.45, 2.75) is 157 Å². The highest BCUT2D eigenvalue weighted by atomic mass is 35.5. The Hall–Kier alpha value is -0.0800. The SMILES string of the molecule is CCCCCCCC[N+](CCCCCCCC)(CCCCCCCC)CC(=O)C(C)(C)C.[Cl-]. The molecule has 0 aliphatic rings. The smallest absolute Gasteiger partial charge is 0.192 e. The minimum Gasteiger partial charge on any atom is -1.00 e. The zero-order chi connectivity index (χ0) is 24.1. The predicted octanol–water partition coefficient (Wildman–Crippen LogP) is 6.50. The Bertz CT molecular complexity index is 389. The first kappa shape index (κ1) is 35.1. The number of nitrogens with zero attached hydrogens (tertiary/aromatic N) is 1. The zero-order valence-corrected chi connectivity index (χ0v) is 24.5. The second-order valence-corrected chi connectivity index (χ2v) is 11.6. The first-order valence-corrected chi connectivity index (χ1v) is 14.7. The van der Waals surface area contributed by atoms with Gasteiger partial charge in [0.2, 0.25) is 0 Å². The molecule has 0 fully saturated rings. The highest BCUT2D eigenvalue weighted by Crippen LogP contribution is 2.23. The maximum Gasteiger partial charge on any atom is 0.192 e. The molecule has 0 saturated carbocycles. The van der Waals surface area contributed by atoms with Crippen molar-refractivity contribution >= 4 is 5.78 Å². The maximum absolute atomic E-state index is 13.2. The van der Waals surface area contributed by atoms with Crippen molar-refractivity contribution < 1.29 is 21.7 Å². The number of hydrogen-bond donors (Lipinski definition) is 0. The van der Waals surface area contributed by atoms with Gasteiger partial charge in [-0.1, -0.05) is 119 Å². The third kappa shape index (κ3) is 19.9. The Morgan fingerprint density at radius 3 is 1.06 bits per heavy atom. The van der Waals surface area contributed by atoms with Gasteiger partial charge >= 0.3 is 0 Å². The van der Waals surface area contributed by atoms with Crippen molar-refractivity contribution in [3.8, 4) is 0 Å². The normalized spacial score (nSPS) is 12.1. The molecule has 2 nitrogen and oxygen atoms in total. The van der Waals surface area contributed by atoms with Crippen LogP contribution < -0.4 is 12.4 Å². The molecule has 3 heteroatoms. The molecular formula is C30H62ClNO. The number of carbonyl (C=O) groups is 1. The predicted molar refractivity (Wildman–Crippen MR) is 144 cm³/mol. The van der Waals surface area contributed by atoms with Crippen LogP contribution in [-0.2, 0) is 4.79 Å². The van der Waals surface area contributed by atoms with E-state index in [0.717, 1.165) is 11.0 Å². The molecule has 0 aromatic rings. The van der Waals surface area contributed by atoms with Gasteiger partial charge in [0.05, 0.1) is 19.6 Å². The summed E-state index contributed by atoms with van der Waals surface area (Å²) < 4.78 is 1.07. The Morgan fingerprint density at radius 1 is 0.515 bits per heavy atom. The van der Waals surface area contributed by atoms with E-state index in [-0.39, 0.29) is 17.8 Å². The van der Waals surface area contributed by atoms with Crippen molar-refractivity contribution in [2.24, 2.45) is 5.41 Å². The van der Waals surface area contributed by atoms with Gasteiger partial charge in [0, 0.05) is 5.41 Å². The van der Waals surface area contributed by atoms with Crippen molar-refractivity contribution in [2.75, 3.05) is 26.2 Å². The van der Waals surface area contributed by atoms with Crippen molar-refractivity contribution in [1.82, 2.24) is 0 Å². The van der Waals surface area contributed by atoms with Crippen LogP contribution in [0.5, 0.6) is 0 Å². The maximum atomic E-state index is 13.2. The average Bonchev–Trinajstić information content (AvgIpc) is 2.75. The summed E-state index contributed by atoms with van der Waals surface area (Å²) >= 11 is 0. The van der Waals surface area contributed by atoms with Gasteiger partial charge in [-0.2, -0.15) is 0 Å². The molecule has 0 N–H and O–H groups in total. The lowest BCUT2D eigenvalue weighted by Gasteiger charge is -2.40. The van der Waals surface area contributed by atoms with E-state index in [9.17, 15) is 4.79 Å². The van der Waals surface area contributed by atoms with Gasteiger partial charge in [-0.25, -0.2) is 0 Å². The molecule has 0 atom stereocenters. The molecule has 0 aromatic carbocycles. The highest BCUT2D eigenvalue weighted by Gasteiger charge is 2.34. The van der Waals surface area contributed by atoms with E-state index in [0.29, 0.717) is 5.78 Å². The molecule has 0 radical (unpaired) electrons. The molecule has 33 heavy (non-hydrogen) atoms. The van der Waals surface area contributed by atoms with Crippen LogP contribution in [0.25, 0.3) is 0 Å². The van der Waals surface area contributed by atoms with Gasteiger partial charge in [-0.05, 0) is 38.5 Å². The van der Waals surface area contributed by atoms with E-state index in [4.69, 9.17) is 0 Å². The third-order valence-corrected chi connectivity index (χ3v) is 7.27. The molecule has 0 bridgehead atoms. The molecule has 0 amide bonds. The summed E-state index contributed by atoms with van der Waals surface area (Å²) in [6.45, 7) is 17.7. The summed E-state index contributed by atoms with van der Waals surface area (Å²) in [6, 6.07) is 0. The lowest BCUT2D eigenvalue weighted by atomic mass is 9.89. The molecular weight excluding hydrogens is 426 g/mol. The second-order valence-electron chi connectivity index (χ2n) is 11.6. The van der Waals surface area contributed by atoms with E-state index in [1.54, 1.807) is 0 Å².